The number of benzene rings is 1. The molecule has 0 saturated heterocycles. The quantitative estimate of drug-likeness (QED) is 0.502. The molecule has 1 unspecified atom stereocenters. The number of carbonyl (C=O) groups is 1. The standard InChI is InChI=1S/C16H21NO/c1-2-3-9-14(12-7-8-13-17)16(18)15-10-5-4-6-11-15/h4-6,10-11,14H,2-3,7-9,12H2,1H3. The second-order valence-corrected chi connectivity index (χ2v) is 4.62. The van der Waals surface area contributed by atoms with Gasteiger partial charge in [-0.1, -0.05) is 50.1 Å². The van der Waals surface area contributed by atoms with E-state index in [0.717, 1.165) is 37.7 Å². The molecule has 0 N–H and O–H groups in total. The number of hydrogen-bond acceptors (Lipinski definition) is 2. The van der Waals surface area contributed by atoms with Gasteiger partial charge in [-0.05, 0) is 19.3 Å². The zero-order chi connectivity index (χ0) is 13.2. The molecule has 1 aromatic rings. The lowest BCUT2D eigenvalue weighted by Gasteiger charge is -2.14. The van der Waals surface area contributed by atoms with Crippen molar-refractivity contribution in [2.75, 3.05) is 0 Å². The van der Waals surface area contributed by atoms with Crippen LogP contribution in [0.25, 0.3) is 0 Å². The molecular formula is C16H21NO. The van der Waals surface area contributed by atoms with Crippen LogP contribution in [0.4, 0.5) is 0 Å². The van der Waals surface area contributed by atoms with Crippen molar-refractivity contribution in [3.63, 3.8) is 0 Å². The van der Waals surface area contributed by atoms with E-state index in [-0.39, 0.29) is 11.7 Å². The fraction of sp³-hybridized carbons (Fsp3) is 0.500. The Morgan fingerprint density at radius 2 is 1.89 bits per heavy atom. The third-order valence-corrected chi connectivity index (χ3v) is 3.18. The summed E-state index contributed by atoms with van der Waals surface area (Å²) in [4.78, 5) is 12.4. The number of hydrogen-bond donors (Lipinski definition) is 0. The van der Waals surface area contributed by atoms with Gasteiger partial charge in [-0.25, -0.2) is 0 Å². The third-order valence-electron chi connectivity index (χ3n) is 3.18. The van der Waals surface area contributed by atoms with Crippen LogP contribution < -0.4 is 0 Å². The van der Waals surface area contributed by atoms with Crippen molar-refractivity contribution in [2.24, 2.45) is 5.92 Å². The average molecular weight is 243 g/mol. The molecule has 1 aromatic carbocycles. The summed E-state index contributed by atoms with van der Waals surface area (Å²) in [6.07, 6.45) is 5.33. The van der Waals surface area contributed by atoms with Crippen LogP contribution in [0.2, 0.25) is 0 Å². The van der Waals surface area contributed by atoms with Crippen LogP contribution in [-0.2, 0) is 0 Å². The van der Waals surface area contributed by atoms with Crippen molar-refractivity contribution < 1.29 is 4.79 Å². The van der Waals surface area contributed by atoms with Crippen molar-refractivity contribution >= 4 is 5.78 Å². The fourth-order valence-corrected chi connectivity index (χ4v) is 2.12. The van der Waals surface area contributed by atoms with E-state index in [1.54, 1.807) is 0 Å². The molecule has 0 aliphatic carbocycles. The first kappa shape index (κ1) is 14.4. The SMILES string of the molecule is CCCCC(CCCC#N)C(=O)c1ccccc1. The number of ketones is 1. The Hall–Kier alpha value is -1.62. The predicted octanol–water partition coefficient (Wildman–Crippen LogP) is 4.37. The molecule has 2 nitrogen and oxygen atoms in total. The molecule has 1 rings (SSSR count). The highest BCUT2D eigenvalue weighted by atomic mass is 16.1. The van der Waals surface area contributed by atoms with Gasteiger partial charge >= 0.3 is 0 Å². The molecule has 0 aliphatic heterocycles. The highest BCUT2D eigenvalue weighted by molar-refractivity contribution is 5.97. The van der Waals surface area contributed by atoms with Gasteiger partial charge in [0.25, 0.3) is 0 Å². The molecule has 0 saturated carbocycles. The summed E-state index contributed by atoms with van der Waals surface area (Å²) in [6.45, 7) is 2.14. The van der Waals surface area contributed by atoms with Crippen molar-refractivity contribution in [3.05, 3.63) is 35.9 Å². The lowest BCUT2D eigenvalue weighted by Crippen LogP contribution is -2.15. The van der Waals surface area contributed by atoms with Crippen LogP contribution in [0.3, 0.4) is 0 Å². The Morgan fingerprint density at radius 3 is 2.50 bits per heavy atom. The molecule has 0 spiro atoms. The van der Waals surface area contributed by atoms with Crippen LogP contribution >= 0.6 is 0 Å². The first-order chi connectivity index (χ1) is 8.79. The molecule has 96 valence electrons. The van der Waals surface area contributed by atoms with E-state index in [1.165, 1.54) is 0 Å². The largest absolute Gasteiger partial charge is 0.294 e. The van der Waals surface area contributed by atoms with Crippen molar-refractivity contribution in [3.8, 4) is 6.07 Å². The van der Waals surface area contributed by atoms with Crippen LogP contribution in [0.1, 0.15) is 55.8 Å². The van der Waals surface area contributed by atoms with E-state index in [9.17, 15) is 4.79 Å². The summed E-state index contributed by atoms with van der Waals surface area (Å²) >= 11 is 0. The number of nitrogens with zero attached hydrogens (tertiary/aromatic N) is 1. The van der Waals surface area contributed by atoms with E-state index in [0.29, 0.717) is 6.42 Å². The van der Waals surface area contributed by atoms with Crippen LogP contribution in [0.5, 0.6) is 0 Å². The molecular weight excluding hydrogens is 222 g/mol. The van der Waals surface area contributed by atoms with Gasteiger partial charge in [-0.3, -0.25) is 4.79 Å². The lowest BCUT2D eigenvalue weighted by molar-refractivity contribution is 0.0903. The highest BCUT2D eigenvalue weighted by Gasteiger charge is 2.18. The number of nitriles is 1. The average Bonchev–Trinajstić information content (AvgIpc) is 2.43. The van der Waals surface area contributed by atoms with Gasteiger partial charge < -0.3 is 0 Å². The van der Waals surface area contributed by atoms with Crippen molar-refractivity contribution in [1.82, 2.24) is 0 Å². The third kappa shape index (κ3) is 4.71. The summed E-state index contributed by atoms with van der Waals surface area (Å²) in [6, 6.07) is 11.6. The minimum atomic E-state index is 0.0840. The first-order valence-electron chi connectivity index (χ1n) is 6.75. The van der Waals surface area contributed by atoms with Gasteiger partial charge in [0.1, 0.15) is 0 Å². The minimum Gasteiger partial charge on any atom is -0.294 e. The zero-order valence-corrected chi connectivity index (χ0v) is 11.1. The summed E-state index contributed by atoms with van der Waals surface area (Å²) < 4.78 is 0. The summed E-state index contributed by atoms with van der Waals surface area (Å²) in [7, 11) is 0. The topological polar surface area (TPSA) is 40.9 Å². The van der Waals surface area contributed by atoms with Crippen LogP contribution in [-0.4, -0.2) is 5.78 Å². The molecule has 0 aromatic heterocycles. The van der Waals surface area contributed by atoms with E-state index < -0.39 is 0 Å². The molecule has 0 aliphatic rings. The molecule has 1 atom stereocenters. The Labute approximate surface area is 110 Å². The maximum atomic E-state index is 12.4. The van der Waals surface area contributed by atoms with Gasteiger partial charge in [0, 0.05) is 17.9 Å². The van der Waals surface area contributed by atoms with Crippen LogP contribution in [0, 0.1) is 17.2 Å². The second-order valence-electron chi connectivity index (χ2n) is 4.62. The molecule has 0 bridgehead atoms. The van der Waals surface area contributed by atoms with Crippen molar-refractivity contribution in [2.45, 2.75) is 45.4 Å². The number of unbranched alkanes of at least 4 members (excludes halogenated alkanes) is 2. The maximum absolute atomic E-state index is 12.4. The van der Waals surface area contributed by atoms with E-state index >= 15 is 0 Å². The predicted molar refractivity (Wildman–Crippen MR) is 73.3 cm³/mol. The van der Waals surface area contributed by atoms with Gasteiger partial charge in [-0.15, -0.1) is 0 Å². The summed E-state index contributed by atoms with van der Waals surface area (Å²) in [5.41, 5.74) is 0.801. The minimum absolute atomic E-state index is 0.0840. The van der Waals surface area contributed by atoms with Crippen molar-refractivity contribution in [1.29, 1.82) is 5.26 Å². The second kappa shape index (κ2) is 8.47. The summed E-state index contributed by atoms with van der Waals surface area (Å²) in [5.74, 6) is 0.322. The zero-order valence-electron chi connectivity index (χ0n) is 11.1. The molecule has 0 fully saturated rings. The van der Waals surface area contributed by atoms with E-state index in [2.05, 4.69) is 13.0 Å². The molecule has 2 heteroatoms. The molecule has 0 heterocycles. The lowest BCUT2D eigenvalue weighted by atomic mass is 9.88. The smallest absolute Gasteiger partial charge is 0.165 e. The molecule has 0 radical (unpaired) electrons. The van der Waals surface area contributed by atoms with E-state index in [1.807, 2.05) is 30.3 Å². The number of Topliss-reactive ketones (excluding diaryl/α,β-unsaturated/α-hetero) is 1. The monoisotopic (exact) mass is 243 g/mol. The Morgan fingerprint density at radius 1 is 1.22 bits per heavy atom. The van der Waals surface area contributed by atoms with Gasteiger partial charge in [0.15, 0.2) is 5.78 Å². The Kier molecular flexibility index (Phi) is 6.79. The normalized spacial score (nSPS) is 11.8. The van der Waals surface area contributed by atoms with Crippen LogP contribution in [0.15, 0.2) is 30.3 Å². The highest BCUT2D eigenvalue weighted by Crippen LogP contribution is 2.21. The Bertz CT molecular complexity index is 391. The number of rotatable bonds is 8. The van der Waals surface area contributed by atoms with E-state index in [4.69, 9.17) is 5.26 Å². The van der Waals surface area contributed by atoms with Gasteiger partial charge in [-0.2, -0.15) is 5.26 Å². The van der Waals surface area contributed by atoms with Gasteiger partial charge in [0.2, 0.25) is 0 Å². The molecule has 18 heavy (non-hydrogen) atoms. The van der Waals surface area contributed by atoms with Gasteiger partial charge in [0.05, 0.1) is 6.07 Å². The number of carbonyl (C=O) groups excluding carboxylic acids is 1. The Balaban J connectivity index is 2.63. The fourth-order valence-electron chi connectivity index (χ4n) is 2.12. The molecule has 0 amide bonds. The first-order valence-corrected chi connectivity index (χ1v) is 6.75. The summed E-state index contributed by atoms with van der Waals surface area (Å²) in [5, 5.41) is 8.58. The maximum Gasteiger partial charge on any atom is 0.165 e.